The van der Waals surface area contributed by atoms with Gasteiger partial charge in [0.25, 0.3) is 0 Å². The van der Waals surface area contributed by atoms with Crippen molar-refractivity contribution in [3.05, 3.63) is 30.1 Å². The highest BCUT2D eigenvalue weighted by molar-refractivity contribution is 5.98. The second-order valence-electron chi connectivity index (χ2n) is 5.29. The van der Waals surface area contributed by atoms with Gasteiger partial charge in [-0.05, 0) is 23.6 Å². The topological polar surface area (TPSA) is 59.1 Å². The third kappa shape index (κ3) is 3.65. The molecule has 4 heteroatoms. The lowest BCUT2D eigenvalue weighted by Gasteiger charge is -2.27. The summed E-state index contributed by atoms with van der Waals surface area (Å²) in [5, 5.41) is 2.45. The van der Waals surface area contributed by atoms with Gasteiger partial charge in [0.1, 0.15) is 0 Å². The van der Waals surface area contributed by atoms with Crippen LogP contribution in [0.25, 0.3) is 0 Å². The third-order valence-electron chi connectivity index (χ3n) is 3.40. The van der Waals surface area contributed by atoms with Crippen molar-refractivity contribution in [2.75, 3.05) is 0 Å². The molecule has 0 aliphatic carbocycles. The highest BCUT2D eigenvalue weighted by Gasteiger charge is 2.32. The number of nitrogens with one attached hydrogen (secondary N) is 1. The Morgan fingerprint density at radius 3 is 2.33 bits per heavy atom. The van der Waals surface area contributed by atoms with Crippen LogP contribution in [0.4, 0.5) is 0 Å². The van der Waals surface area contributed by atoms with E-state index in [1.54, 1.807) is 24.5 Å². The van der Waals surface area contributed by atoms with Gasteiger partial charge >= 0.3 is 0 Å². The highest BCUT2D eigenvalue weighted by atomic mass is 16.2. The molecule has 0 unspecified atom stereocenters. The zero-order valence-corrected chi connectivity index (χ0v) is 11.4. The largest absolute Gasteiger partial charge is 0.296 e. The minimum Gasteiger partial charge on any atom is -0.296 e. The molecule has 0 saturated heterocycles. The molecule has 1 aromatic rings. The maximum absolute atomic E-state index is 12.0. The summed E-state index contributed by atoms with van der Waals surface area (Å²) in [6, 6.07) is 3.52. The van der Waals surface area contributed by atoms with E-state index in [2.05, 4.69) is 10.3 Å². The van der Waals surface area contributed by atoms with Crippen LogP contribution >= 0.6 is 0 Å². The molecule has 0 atom stereocenters. The fourth-order valence-electron chi connectivity index (χ4n) is 1.28. The van der Waals surface area contributed by atoms with Crippen molar-refractivity contribution in [1.29, 1.82) is 0 Å². The Morgan fingerprint density at radius 2 is 1.83 bits per heavy atom. The van der Waals surface area contributed by atoms with Crippen LogP contribution < -0.4 is 5.32 Å². The Bertz CT molecular complexity index is 425. The number of hydrogen-bond acceptors (Lipinski definition) is 3. The van der Waals surface area contributed by atoms with Gasteiger partial charge in [-0.15, -0.1) is 0 Å². The number of hydrogen-bond donors (Lipinski definition) is 1. The number of nitrogens with zero attached hydrogens (tertiary/aromatic N) is 1. The van der Waals surface area contributed by atoms with Crippen molar-refractivity contribution < 1.29 is 9.59 Å². The van der Waals surface area contributed by atoms with Crippen LogP contribution in [0.15, 0.2) is 24.5 Å². The molecule has 0 saturated carbocycles. The molecule has 1 heterocycles. The standard InChI is InChI=1S/C14H20N2O2/c1-10(2)14(3,4)13(18)16-12(17)9-11-5-7-15-8-6-11/h5-8,10H,9H2,1-4H3,(H,16,17,18). The van der Waals surface area contributed by atoms with Gasteiger partial charge in [0, 0.05) is 17.8 Å². The second kappa shape index (κ2) is 5.76. The Hall–Kier alpha value is -1.71. The number of imide groups is 1. The van der Waals surface area contributed by atoms with E-state index in [0.29, 0.717) is 0 Å². The Morgan fingerprint density at radius 1 is 1.28 bits per heavy atom. The van der Waals surface area contributed by atoms with Crippen LogP contribution in [0.5, 0.6) is 0 Å². The van der Waals surface area contributed by atoms with Crippen molar-refractivity contribution in [3.8, 4) is 0 Å². The molecule has 0 aromatic carbocycles. The normalized spacial score (nSPS) is 11.4. The Kier molecular flexibility index (Phi) is 4.59. The van der Waals surface area contributed by atoms with Crippen molar-refractivity contribution >= 4 is 11.8 Å². The number of pyridine rings is 1. The maximum Gasteiger partial charge on any atom is 0.232 e. The minimum absolute atomic E-state index is 0.172. The van der Waals surface area contributed by atoms with Gasteiger partial charge in [0.15, 0.2) is 0 Å². The van der Waals surface area contributed by atoms with Crippen molar-refractivity contribution in [1.82, 2.24) is 10.3 Å². The summed E-state index contributed by atoms with van der Waals surface area (Å²) in [6.45, 7) is 7.61. The van der Waals surface area contributed by atoms with E-state index in [1.807, 2.05) is 27.7 Å². The number of aromatic nitrogens is 1. The highest BCUT2D eigenvalue weighted by Crippen LogP contribution is 2.25. The maximum atomic E-state index is 12.0. The summed E-state index contributed by atoms with van der Waals surface area (Å²) >= 11 is 0. The van der Waals surface area contributed by atoms with Crippen LogP contribution in [-0.4, -0.2) is 16.8 Å². The van der Waals surface area contributed by atoms with E-state index in [0.717, 1.165) is 5.56 Å². The average molecular weight is 248 g/mol. The number of rotatable bonds is 4. The number of carbonyl (C=O) groups excluding carboxylic acids is 2. The molecule has 1 N–H and O–H groups in total. The average Bonchev–Trinajstić information content (AvgIpc) is 2.29. The molecule has 0 spiro atoms. The summed E-state index contributed by atoms with van der Waals surface area (Å²) < 4.78 is 0. The molecule has 0 bridgehead atoms. The zero-order valence-electron chi connectivity index (χ0n) is 11.4. The lowest BCUT2D eigenvalue weighted by atomic mass is 9.80. The SMILES string of the molecule is CC(C)C(C)(C)C(=O)NC(=O)Cc1ccncc1. The molecule has 1 rings (SSSR count). The van der Waals surface area contributed by atoms with Crippen molar-refractivity contribution in [3.63, 3.8) is 0 Å². The van der Waals surface area contributed by atoms with Gasteiger partial charge in [-0.3, -0.25) is 19.9 Å². The fraction of sp³-hybridized carbons (Fsp3) is 0.500. The molecule has 1 aromatic heterocycles. The number of carbonyl (C=O) groups is 2. The quantitative estimate of drug-likeness (QED) is 0.886. The van der Waals surface area contributed by atoms with Gasteiger partial charge in [-0.2, -0.15) is 0 Å². The summed E-state index contributed by atoms with van der Waals surface area (Å²) in [5.74, 6) is -0.331. The van der Waals surface area contributed by atoms with Crippen molar-refractivity contribution in [2.45, 2.75) is 34.1 Å². The lowest BCUT2D eigenvalue weighted by molar-refractivity contribution is -0.137. The summed E-state index contributed by atoms with van der Waals surface area (Å²) in [6.07, 6.45) is 3.45. The molecular weight excluding hydrogens is 228 g/mol. The predicted octanol–water partition coefficient (Wildman–Crippen LogP) is 1.95. The lowest BCUT2D eigenvalue weighted by Crippen LogP contribution is -2.43. The van der Waals surface area contributed by atoms with Gasteiger partial charge < -0.3 is 0 Å². The zero-order chi connectivity index (χ0) is 13.8. The van der Waals surface area contributed by atoms with E-state index in [4.69, 9.17) is 0 Å². The summed E-state index contributed by atoms with van der Waals surface area (Å²) in [7, 11) is 0. The third-order valence-corrected chi connectivity index (χ3v) is 3.40. The first kappa shape index (κ1) is 14.4. The van der Waals surface area contributed by atoms with Crippen LogP contribution in [0.3, 0.4) is 0 Å². The molecule has 0 aliphatic rings. The van der Waals surface area contributed by atoms with Gasteiger partial charge in [-0.25, -0.2) is 0 Å². The summed E-state index contributed by atoms with van der Waals surface area (Å²) in [4.78, 5) is 27.6. The van der Waals surface area contributed by atoms with Crippen LogP contribution in [0.1, 0.15) is 33.3 Å². The van der Waals surface area contributed by atoms with Gasteiger partial charge in [-0.1, -0.05) is 27.7 Å². The van der Waals surface area contributed by atoms with E-state index in [9.17, 15) is 9.59 Å². The van der Waals surface area contributed by atoms with Gasteiger partial charge in [0.2, 0.25) is 11.8 Å². The van der Waals surface area contributed by atoms with Crippen LogP contribution in [0, 0.1) is 11.3 Å². The minimum atomic E-state index is -0.548. The molecule has 0 radical (unpaired) electrons. The summed E-state index contributed by atoms with van der Waals surface area (Å²) in [5.41, 5.74) is 0.297. The Labute approximate surface area is 108 Å². The van der Waals surface area contributed by atoms with E-state index in [1.165, 1.54) is 0 Å². The van der Waals surface area contributed by atoms with E-state index < -0.39 is 5.41 Å². The molecule has 18 heavy (non-hydrogen) atoms. The molecule has 2 amide bonds. The first-order valence-corrected chi connectivity index (χ1v) is 6.07. The van der Waals surface area contributed by atoms with Crippen LogP contribution in [-0.2, 0) is 16.0 Å². The predicted molar refractivity (Wildman–Crippen MR) is 69.7 cm³/mol. The van der Waals surface area contributed by atoms with E-state index >= 15 is 0 Å². The second-order valence-corrected chi connectivity index (χ2v) is 5.29. The Balaban J connectivity index is 2.59. The van der Waals surface area contributed by atoms with Crippen molar-refractivity contribution in [2.24, 2.45) is 11.3 Å². The van der Waals surface area contributed by atoms with Gasteiger partial charge in [0.05, 0.1) is 6.42 Å². The first-order chi connectivity index (χ1) is 8.34. The molecule has 0 aliphatic heterocycles. The first-order valence-electron chi connectivity index (χ1n) is 6.07. The molecular formula is C14H20N2O2. The molecule has 98 valence electrons. The monoisotopic (exact) mass is 248 g/mol. The smallest absolute Gasteiger partial charge is 0.232 e. The fourth-order valence-corrected chi connectivity index (χ4v) is 1.28. The molecule has 0 fully saturated rings. The van der Waals surface area contributed by atoms with Crippen LogP contribution in [0.2, 0.25) is 0 Å². The van der Waals surface area contributed by atoms with E-state index in [-0.39, 0.29) is 24.2 Å². The molecule has 4 nitrogen and oxygen atoms in total. The number of amides is 2.